The van der Waals surface area contributed by atoms with Crippen molar-refractivity contribution in [3.05, 3.63) is 59.7 Å². The summed E-state index contributed by atoms with van der Waals surface area (Å²) in [6, 6.07) is 14.1. The van der Waals surface area contributed by atoms with Crippen LogP contribution in [0.3, 0.4) is 0 Å². The van der Waals surface area contributed by atoms with Gasteiger partial charge in [-0.3, -0.25) is 4.79 Å². The lowest BCUT2D eigenvalue weighted by Gasteiger charge is -2.47. The highest BCUT2D eigenvalue weighted by atomic mass is 16.6. The van der Waals surface area contributed by atoms with Crippen molar-refractivity contribution in [2.24, 2.45) is 5.92 Å². The maximum Gasteiger partial charge on any atom is 0.421 e. The Morgan fingerprint density at radius 1 is 1.12 bits per heavy atom. The Hall–Kier alpha value is -3.19. The van der Waals surface area contributed by atoms with E-state index < -0.39 is 41.0 Å². The molecule has 1 aliphatic heterocycles. The summed E-state index contributed by atoms with van der Waals surface area (Å²) in [5.41, 5.74) is -0.838. The van der Waals surface area contributed by atoms with Gasteiger partial charge in [0.25, 0.3) is 5.91 Å². The number of methoxy groups -OCH3 is 1. The highest BCUT2D eigenvalue weighted by molar-refractivity contribution is 6.22. The number of benzene rings is 2. The lowest BCUT2D eigenvalue weighted by atomic mass is 9.55. The molecular formula is C26H29NO6. The predicted molar refractivity (Wildman–Crippen MR) is 122 cm³/mol. The number of ether oxygens (including phenoxy) is 2. The average Bonchev–Trinajstić information content (AvgIpc) is 3.03. The fourth-order valence-corrected chi connectivity index (χ4v) is 5.37. The van der Waals surface area contributed by atoms with Gasteiger partial charge in [-0.2, -0.15) is 0 Å². The number of aldehydes is 1. The van der Waals surface area contributed by atoms with E-state index in [1.165, 1.54) is 7.11 Å². The number of hydrogen-bond acceptors (Lipinski definition) is 6. The molecule has 1 spiro atoms. The van der Waals surface area contributed by atoms with Crippen LogP contribution in [0.1, 0.15) is 50.7 Å². The smallest absolute Gasteiger partial charge is 0.421 e. The zero-order valence-corrected chi connectivity index (χ0v) is 19.3. The van der Waals surface area contributed by atoms with Crippen LogP contribution in [0.5, 0.6) is 5.75 Å². The van der Waals surface area contributed by atoms with Crippen molar-refractivity contribution >= 4 is 24.0 Å². The fourth-order valence-electron chi connectivity index (χ4n) is 5.37. The molecule has 0 unspecified atom stereocenters. The van der Waals surface area contributed by atoms with Crippen LogP contribution in [0.2, 0.25) is 0 Å². The Morgan fingerprint density at radius 2 is 1.79 bits per heavy atom. The second-order valence-electron chi connectivity index (χ2n) is 9.62. The van der Waals surface area contributed by atoms with E-state index in [0.717, 1.165) is 11.2 Å². The molecule has 7 nitrogen and oxygen atoms in total. The molecule has 7 heteroatoms. The van der Waals surface area contributed by atoms with E-state index in [9.17, 15) is 19.5 Å². The molecular weight excluding hydrogens is 422 g/mol. The summed E-state index contributed by atoms with van der Waals surface area (Å²) in [7, 11) is 1.53. The normalized spacial score (nSPS) is 26.8. The van der Waals surface area contributed by atoms with Crippen molar-refractivity contribution in [1.29, 1.82) is 0 Å². The van der Waals surface area contributed by atoms with E-state index in [4.69, 9.17) is 9.47 Å². The maximum absolute atomic E-state index is 14.2. The minimum Gasteiger partial charge on any atom is -0.496 e. The van der Waals surface area contributed by atoms with E-state index in [1.807, 2.05) is 18.2 Å². The van der Waals surface area contributed by atoms with Gasteiger partial charge in [-0.15, -0.1) is 0 Å². The molecule has 2 amide bonds. The summed E-state index contributed by atoms with van der Waals surface area (Å²) in [5.74, 6) is -1.35. The number of carbonyl (C=O) groups excluding carboxylic acids is 3. The van der Waals surface area contributed by atoms with Gasteiger partial charge in [-0.1, -0.05) is 36.4 Å². The van der Waals surface area contributed by atoms with Gasteiger partial charge >= 0.3 is 6.09 Å². The van der Waals surface area contributed by atoms with Crippen molar-refractivity contribution in [2.75, 3.05) is 12.0 Å². The molecule has 2 aromatic rings. The van der Waals surface area contributed by atoms with Crippen LogP contribution in [0.15, 0.2) is 48.5 Å². The number of rotatable bonds is 3. The van der Waals surface area contributed by atoms with Crippen LogP contribution in [-0.4, -0.2) is 42.2 Å². The summed E-state index contributed by atoms with van der Waals surface area (Å²) in [6.07, 6.45) is -0.411. The highest BCUT2D eigenvalue weighted by Crippen LogP contribution is 2.59. The van der Waals surface area contributed by atoms with Gasteiger partial charge < -0.3 is 19.4 Å². The number of aliphatic hydroxyl groups excluding tert-OH is 1. The average molecular weight is 452 g/mol. The molecule has 1 N–H and O–H groups in total. The zero-order chi connectivity index (χ0) is 24.0. The number of nitrogens with zero attached hydrogens (tertiary/aromatic N) is 1. The standard InChI is InChI=1S/C26H29NO6/c1-25(2,3)33-24(31)27-19-11-7-6-10-18(19)26(23(27)30)21(29)14-13-16(15-28)22(26)17-9-5-8-12-20(17)32-4/h5-12,15-16,21-22,29H,13-14H2,1-4H3/t16-,21-,22-,26-/m1/s1. The van der Waals surface area contributed by atoms with E-state index in [-0.39, 0.29) is 6.42 Å². The highest BCUT2D eigenvalue weighted by Gasteiger charge is 2.65. The molecule has 2 aliphatic rings. The van der Waals surface area contributed by atoms with E-state index in [1.54, 1.807) is 51.1 Å². The van der Waals surface area contributed by atoms with Crippen molar-refractivity contribution in [2.45, 2.75) is 56.7 Å². The third-order valence-electron chi connectivity index (χ3n) is 6.59. The van der Waals surface area contributed by atoms with Crippen LogP contribution in [-0.2, 0) is 19.7 Å². The Kier molecular flexibility index (Phi) is 5.78. The first-order valence-corrected chi connectivity index (χ1v) is 11.1. The van der Waals surface area contributed by atoms with Crippen molar-refractivity contribution in [3.63, 3.8) is 0 Å². The van der Waals surface area contributed by atoms with Crippen LogP contribution in [0.25, 0.3) is 0 Å². The first-order valence-electron chi connectivity index (χ1n) is 11.1. The van der Waals surface area contributed by atoms with Gasteiger partial charge in [0.15, 0.2) is 0 Å². The Morgan fingerprint density at radius 3 is 2.45 bits per heavy atom. The Labute approximate surface area is 193 Å². The summed E-state index contributed by atoms with van der Waals surface area (Å²) in [5, 5.41) is 11.5. The third kappa shape index (κ3) is 3.51. The largest absolute Gasteiger partial charge is 0.496 e. The van der Waals surface area contributed by atoms with Crippen molar-refractivity contribution in [3.8, 4) is 5.75 Å². The van der Waals surface area contributed by atoms with Crippen LogP contribution < -0.4 is 9.64 Å². The first kappa shape index (κ1) is 23.0. The van der Waals surface area contributed by atoms with E-state index in [2.05, 4.69) is 0 Å². The van der Waals surface area contributed by atoms with Crippen LogP contribution >= 0.6 is 0 Å². The number of fused-ring (bicyclic) bond motifs is 2. The van der Waals surface area contributed by atoms with E-state index >= 15 is 0 Å². The van der Waals surface area contributed by atoms with Gasteiger partial charge in [0.2, 0.25) is 0 Å². The molecule has 174 valence electrons. The lowest BCUT2D eigenvalue weighted by molar-refractivity contribution is -0.133. The number of carbonyl (C=O) groups is 3. The van der Waals surface area contributed by atoms with Crippen LogP contribution in [0, 0.1) is 5.92 Å². The molecule has 1 heterocycles. The van der Waals surface area contributed by atoms with Gasteiger partial charge in [-0.25, -0.2) is 9.69 Å². The number of hydrogen-bond donors (Lipinski definition) is 1. The molecule has 4 rings (SSSR count). The van der Waals surface area contributed by atoms with Gasteiger partial charge in [-0.05, 0) is 56.9 Å². The monoisotopic (exact) mass is 451 g/mol. The predicted octanol–water partition coefficient (Wildman–Crippen LogP) is 3.97. The number of aliphatic hydroxyl groups is 1. The summed E-state index contributed by atoms with van der Waals surface area (Å²) >= 11 is 0. The van der Waals surface area contributed by atoms with Crippen molar-refractivity contribution in [1.82, 2.24) is 0 Å². The minimum atomic E-state index is -1.54. The molecule has 4 atom stereocenters. The minimum absolute atomic E-state index is 0.247. The Bertz CT molecular complexity index is 1090. The zero-order valence-electron chi connectivity index (χ0n) is 19.3. The quantitative estimate of drug-likeness (QED) is 0.710. The lowest BCUT2D eigenvalue weighted by Crippen LogP contribution is -2.58. The Balaban J connectivity index is 1.98. The molecule has 1 fully saturated rings. The summed E-state index contributed by atoms with van der Waals surface area (Å²) < 4.78 is 11.1. The number of anilines is 1. The molecule has 0 aromatic heterocycles. The number of para-hydroxylation sites is 2. The molecule has 33 heavy (non-hydrogen) atoms. The number of imide groups is 1. The first-order chi connectivity index (χ1) is 15.7. The van der Waals surface area contributed by atoms with Crippen molar-refractivity contribution < 1.29 is 29.0 Å². The SMILES string of the molecule is COc1ccccc1[C@H]1[C@@H](C=O)CC[C@@H](O)[C@@]12C(=O)N(C(=O)OC(C)(C)C)c1ccccc12. The fraction of sp³-hybridized carbons (Fsp3) is 0.423. The molecule has 1 aliphatic carbocycles. The number of amides is 2. The summed E-state index contributed by atoms with van der Waals surface area (Å²) in [4.78, 5) is 40.7. The maximum atomic E-state index is 14.2. The molecule has 2 aromatic carbocycles. The van der Waals surface area contributed by atoms with Gasteiger partial charge in [0.1, 0.15) is 23.1 Å². The van der Waals surface area contributed by atoms with Gasteiger partial charge in [0.05, 0.1) is 18.9 Å². The summed E-state index contributed by atoms with van der Waals surface area (Å²) in [6.45, 7) is 5.17. The molecule has 0 saturated heterocycles. The molecule has 0 bridgehead atoms. The third-order valence-corrected chi connectivity index (χ3v) is 6.59. The van der Waals surface area contributed by atoms with Gasteiger partial charge in [0, 0.05) is 11.8 Å². The topological polar surface area (TPSA) is 93.1 Å². The second-order valence-corrected chi connectivity index (χ2v) is 9.62. The second kappa shape index (κ2) is 8.30. The molecule has 1 saturated carbocycles. The van der Waals surface area contributed by atoms with E-state index in [0.29, 0.717) is 29.0 Å². The molecule has 0 radical (unpaired) electrons. The van der Waals surface area contributed by atoms with Crippen LogP contribution in [0.4, 0.5) is 10.5 Å².